The molecule has 0 radical (unpaired) electrons. The van der Waals surface area contributed by atoms with E-state index in [-0.39, 0.29) is 5.91 Å². The summed E-state index contributed by atoms with van der Waals surface area (Å²) in [5, 5.41) is 4.22. The van der Waals surface area contributed by atoms with Gasteiger partial charge in [-0.15, -0.1) is 0 Å². The van der Waals surface area contributed by atoms with E-state index in [9.17, 15) is 4.79 Å². The topological polar surface area (TPSA) is 45.2 Å². The summed E-state index contributed by atoms with van der Waals surface area (Å²) in [6, 6.07) is 8.84. The average Bonchev–Trinajstić information content (AvgIpc) is 2.58. The number of likely N-dealkylation sites (tertiary alicyclic amines) is 1. The molecule has 1 aromatic carbocycles. The highest BCUT2D eigenvalue weighted by atomic mass is 35.5. The zero-order chi connectivity index (χ0) is 17.1. The van der Waals surface area contributed by atoms with Crippen LogP contribution in [0.3, 0.4) is 0 Å². The van der Waals surface area contributed by atoms with Gasteiger partial charge >= 0.3 is 0 Å². The number of nitrogens with one attached hydrogen (secondary N) is 1. The van der Waals surface area contributed by atoms with Crippen LogP contribution in [0, 0.1) is 5.92 Å². The molecule has 0 bridgehead atoms. The lowest BCUT2D eigenvalue weighted by Gasteiger charge is -2.30. The quantitative estimate of drug-likeness (QED) is 0.833. The molecule has 0 saturated carbocycles. The lowest BCUT2D eigenvalue weighted by Crippen LogP contribution is -2.39. The first-order chi connectivity index (χ1) is 11.5. The fourth-order valence-electron chi connectivity index (χ4n) is 2.92. The van der Waals surface area contributed by atoms with Crippen molar-refractivity contribution in [3.05, 3.63) is 52.3 Å². The number of pyridine rings is 1. The molecule has 1 aliphatic rings. The van der Waals surface area contributed by atoms with Gasteiger partial charge in [0.05, 0.1) is 15.7 Å². The molecule has 1 N–H and O–H groups in total. The standard InChI is InChI=1S/C18H19Cl2N3O/c1-12-4-3-9-23(11-12)18(24)16-10-13(7-8-21-16)22-17-14(19)5-2-6-15(17)20/h2,5-8,10,12H,3-4,9,11H2,1H3,(H,21,22). The first kappa shape index (κ1) is 17.1. The molecule has 1 atom stereocenters. The predicted molar refractivity (Wildman–Crippen MR) is 98.3 cm³/mol. The van der Waals surface area contributed by atoms with Crippen molar-refractivity contribution in [2.75, 3.05) is 18.4 Å². The molecule has 6 heteroatoms. The van der Waals surface area contributed by atoms with Crippen molar-refractivity contribution in [1.29, 1.82) is 0 Å². The summed E-state index contributed by atoms with van der Waals surface area (Å²) in [4.78, 5) is 18.8. The van der Waals surface area contributed by atoms with E-state index in [0.717, 1.165) is 25.2 Å². The number of anilines is 2. The molecule has 1 aromatic heterocycles. The number of hydrogen-bond acceptors (Lipinski definition) is 3. The van der Waals surface area contributed by atoms with Gasteiger partial charge in [0.15, 0.2) is 0 Å². The Balaban J connectivity index is 1.80. The van der Waals surface area contributed by atoms with Crippen molar-refractivity contribution in [3.63, 3.8) is 0 Å². The van der Waals surface area contributed by atoms with Crippen molar-refractivity contribution < 1.29 is 4.79 Å². The number of amides is 1. The lowest BCUT2D eigenvalue weighted by molar-refractivity contribution is 0.0677. The van der Waals surface area contributed by atoms with Crippen LogP contribution in [0.15, 0.2) is 36.5 Å². The number of rotatable bonds is 3. The molecule has 126 valence electrons. The third kappa shape index (κ3) is 3.82. The first-order valence-corrected chi connectivity index (χ1v) is 8.76. The van der Waals surface area contributed by atoms with Crippen LogP contribution in [-0.4, -0.2) is 28.9 Å². The van der Waals surface area contributed by atoms with Crippen LogP contribution in [0.2, 0.25) is 10.0 Å². The molecule has 4 nitrogen and oxygen atoms in total. The molecular weight excluding hydrogens is 345 g/mol. The van der Waals surface area contributed by atoms with E-state index in [1.165, 1.54) is 6.42 Å². The van der Waals surface area contributed by atoms with Gasteiger partial charge < -0.3 is 10.2 Å². The van der Waals surface area contributed by atoms with Crippen molar-refractivity contribution >= 4 is 40.5 Å². The summed E-state index contributed by atoms with van der Waals surface area (Å²) < 4.78 is 0. The second-order valence-corrected chi connectivity index (χ2v) is 6.96. The number of benzene rings is 1. The molecule has 1 amide bonds. The van der Waals surface area contributed by atoms with Gasteiger partial charge in [-0.1, -0.05) is 36.2 Å². The Labute approximate surface area is 151 Å². The molecule has 0 spiro atoms. The van der Waals surface area contributed by atoms with Gasteiger partial charge in [-0.2, -0.15) is 0 Å². The van der Waals surface area contributed by atoms with Crippen LogP contribution >= 0.6 is 23.2 Å². The van der Waals surface area contributed by atoms with Crippen LogP contribution in [0.5, 0.6) is 0 Å². The molecule has 2 aromatic rings. The highest BCUT2D eigenvalue weighted by Gasteiger charge is 2.23. The summed E-state index contributed by atoms with van der Waals surface area (Å²) >= 11 is 12.4. The fraction of sp³-hybridized carbons (Fsp3) is 0.333. The van der Waals surface area contributed by atoms with Crippen LogP contribution < -0.4 is 5.32 Å². The normalized spacial score (nSPS) is 17.6. The number of nitrogens with zero attached hydrogens (tertiary/aromatic N) is 2. The third-order valence-electron chi connectivity index (χ3n) is 4.16. The minimum Gasteiger partial charge on any atom is -0.353 e. The number of aromatic nitrogens is 1. The van der Waals surface area contributed by atoms with Crippen LogP contribution in [-0.2, 0) is 0 Å². The zero-order valence-electron chi connectivity index (χ0n) is 13.4. The molecule has 0 aliphatic carbocycles. The van der Waals surface area contributed by atoms with E-state index in [1.807, 2.05) is 4.90 Å². The van der Waals surface area contributed by atoms with Gasteiger partial charge in [0.2, 0.25) is 0 Å². The Hall–Kier alpha value is -1.78. The number of hydrogen-bond donors (Lipinski definition) is 1. The summed E-state index contributed by atoms with van der Waals surface area (Å²) in [5.74, 6) is 0.501. The number of para-hydroxylation sites is 1. The van der Waals surface area contributed by atoms with Crippen molar-refractivity contribution in [2.24, 2.45) is 5.92 Å². The van der Waals surface area contributed by atoms with Gasteiger partial charge in [0.1, 0.15) is 5.69 Å². The monoisotopic (exact) mass is 363 g/mol. The second kappa shape index (κ2) is 7.41. The Kier molecular flexibility index (Phi) is 5.27. The van der Waals surface area contributed by atoms with Crippen LogP contribution in [0.4, 0.5) is 11.4 Å². The number of piperidine rings is 1. The van der Waals surface area contributed by atoms with Gasteiger partial charge in [-0.3, -0.25) is 9.78 Å². The smallest absolute Gasteiger partial charge is 0.272 e. The lowest BCUT2D eigenvalue weighted by atomic mass is 10.00. The van der Waals surface area contributed by atoms with E-state index in [0.29, 0.717) is 27.3 Å². The predicted octanol–water partition coefficient (Wildman–Crippen LogP) is 5.00. The fourth-order valence-corrected chi connectivity index (χ4v) is 3.41. The highest BCUT2D eigenvalue weighted by molar-refractivity contribution is 6.39. The van der Waals surface area contributed by atoms with Gasteiger partial charge in [-0.25, -0.2) is 0 Å². The van der Waals surface area contributed by atoms with Crippen molar-refractivity contribution in [3.8, 4) is 0 Å². The summed E-state index contributed by atoms with van der Waals surface area (Å²) in [7, 11) is 0. The van der Waals surface area contributed by atoms with E-state index >= 15 is 0 Å². The number of carbonyl (C=O) groups is 1. The minimum atomic E-state index is -0.0320. The molecule has 1 fully saturated rings. The Bertz CT molecular complexity index is 731. The van der Waals surface area contributed by atoms with Crippen molar-refractivity contribution in [1.82, 2.24) is 9.88 Å². The van der Waals surface area contributed by atoms with E-state index < -0.39 is 0 Å². The zero-order valence-corrected chi connectivity index (χ0v) is 14.9. The molecule has 2 heterocycles. The number of halogens is 2. The average molecular weight is 364 g/mol. The highest BCUT2D eigenvalue weighted by Crippen LogP contribution is 2.32. The van der Waals surface area contributed by atoms with Gasteiger partial charge in [0.25, 0.3) is 5.91 Å². The summed E-state index contributed by atoms with van der Waals surface area (Å²) in [6.07, 6.45) is 3.83. The molecule has 1 aliphatic heterocycles. The number of carbonyl (C=O) groups excluding carboxylic acids is 1. The Morgan fingerprint density at radius 3 is 2.75 bits per heavy atom. The van der Waals surface area contributed by atoms with Crippen molar-refractivity contribution in [2.45, 2.75) is 19.8 Å². The first-order valence-electron chi connectivity index (χ1n) is 8.01. The van der Waals surface area contributed by atoms with E-state index in [1.54, 1.807) is 36.5 Å². The largest absolute Gasteiger partial charge is 0.353 e. The maximum atomic E-state index is 12.7. The molecular formula is C18H19Cl2N3O. The van der Waals surface area contributed by atoms with Crippen LogP contribution in [0.1, 0.15) is 30.3 Å². The maximum Gasteiger partial charge on any atom is 0.272 e. The molecule has 24 heavy (non-hydrogen) atoms. The molecule has 3 rings (SSSR count). The Morgan fingerprint density at radius 2 is 2.04 bits per heavy atom. The van der Waals surface area contributed by atoms with E-state index in [2.05, 4.69) is 17.2 Å². The second-order valence-electron chi connectivity index (χ2n) is 6.15. The molecule has 1 saturated heterocycles. The third-order valence-corrected chi connectivity index (χ3v) is 4.79. The van der Waals surface area contributed by atoms with Gasteiger partial charge in [-0.05, 0) is 43.0 Å². The summed E-state index contributed by atoms with van der Waals surface area (Å²) in [5.41, 5.74) is 1.78. The van der Waals surface area contributed by atoms with E-state index in [4.69, 9.17) is 23.2 Å². The molecule has 1 unspecified atom stereocenters. The minimum absolute atomic E-state index is 0.0320. The summed E-state index contributed by atoms with van der Waals surface area (Å²) in [6.45, 7) is 3.75. The SMILES string of the molecule is CC1CCCN(C(=O)c2cc(Nc3c(Cl)cccc3Cl)ccn2)C1. The maximum absolute atomic E-state index is 12.7. The van der Waals surface area contributed by atoms with Gasteiger partial charge in [0, 0.05) is 25.0 Å². The van der Waals surface area contributed by atoms with Crippen LogP contribution in [0.25, 0.3) is 0 Å². The Morgan fingerprint density at radius 1 is 1.29 bits per heavy atom.